The summed E-state index contributed by atoms with van der Waals surface area (Å²) < 4.78 is 13.1. The Hall–Kier alpha value is -1.30. The average molecular weight is 174 g/mol. The molecule has 1 aromatic rings. The van der Waals surface area contributed by atoms with Gasteiger partial charge in [0.05, 0.1) is 11.7 Å². The van der Waals surface area contributed by atoms with Gasteiger partial charge in [-0.25, -0.2) is 4.79 Å². The number of hydrogen-bond donors (Lipinski definition) is 1. The number of rotatable bonds is 1. The van der Waals surface area contributed by atoms with Gasteiger partial charge in [0.25, 0.3) is 5.56 Å². The van der Waals surface area contributed by atoms with Crippen LogP contribution < -0.4 is 11.2 Å². The van der Waals surface area contributed by atoms with Crippen molar-refractivity contribution in [2.45, 2.75) is 0 Å². The number of nitrogens with zero attached hydrogens (tertiary/aromatic N) is 1. The van der Waals surface area contributed by atoms with Crippen molar-refractivity contribution in [2.75, 3.05) is 0 Å². The molecule has 0 fully saturated rings. The van der Waals surface area contributed by atoms with E-state index in [4.69, 9.17) is 0 Å². The van der Waals surface area contributed by atoms with E-state index in [-0.39, 0.29) is 0 Å². The van der Waals surface area contributed by atoms with Crippen LogP contribution >= 0.6 is 12.2 Å². The van der Waals surface area contributed by atoms with Crippen molar-refractivity contribution in [3.05, 3.63) is 32.9 Å². The Morgan fingerprint density at radius 1 is 1.64 bits per heavy atom. The molecule has 11 heavy (non-hydrogen) atoms. The molecule has 0 radical (unpaired) electrons. The third-order valence-electron chi connectivity index (χ3n) is 1.04. The highest BCUT2D eigenvalue weighted by Gasteiger charge is 1.99. The molecule has 0 unspecified atom stereocenters. The highest BCUT2D eigenvalue weighted by Crippen LogP contribution is 1.79. The Labute approximate surface area is 65.3 Å². The number of aromatic amines is 1. The first-order valence-corrected chi connectivity index (χ1v) is 3.08. The maximum atomic E-state index is 12.4. The molecule has 1 rings (SSSR count). The van der Waals surface area contributed by atoms with E-state index in [1.165, 1.54) is 0 Å². The van der Waals surface area contributed by atoms with E-state index in [1.807, 2.05) is 0 Å². The third kappa shape index (κ3) is 1.40. The van der Waals surface area contributed by atoms with Gasteiger partial charge in [-0.1, -0.05) is 12.2 Å². The Balaban J connectivity index is 3.57. The molecule has 0 aliphatic carbocycles. The molecule has 0 bridgehead atoms. The maximum Gasteiger partial charge on any atom is 0.333 e. The molecule has 0 aliphatic heterocycles. The summed E-state index contributed by atoms with van der Waals surface area (Å²) >= 11 is 4.36. The van der Waals surface area contributed by atoms with Gasteiger partial charge in [0, 0.05) is 0 Å². The SMILES string of the molecule is O=c1[nH]c(=O)n(C=S)cc1F. The van der Waals surface area contributed by atoms with Crippen LogP contribution in [0.4, 0.5) is 4.39 Å². The topological polar surface area (TPSA) is 54.9 Å². The van der Waals surface area contributed by atoms with Crippen molar-refractivity contribution in [3.63, 3.8) is 0 Å². The van der Waals surface area contributed by atoms with Crippen molar-refractivity contribution in [1.82, 2.24) is 9.55 Å². The zero-order valence-corrected chi connectivity index (χ0v) is 6.02. The second kappa shape index (κ2) is 2.75. The van der Waals surface area contributed by atoms with Gasteiger partial charge in [-0.2, -0.15) is 4.39 Å². The summed E-state index contributed by atoms with van der Waals surface area (Å²) in [7, 11) is 0. The Morgan fingerprint density at radius 3 is 2.82 bits per heavy atom. The van der Waals surface area contributed by atoms with Crippen LogP contribution in [0.3, 0.4) is 0 Å². The predicted octanol–water partition coefficient (Wildman–Crippen LogP) is -0.519. The first kappa shape index (κ1) is 7.80. The van der Waals surface area contributed by atoms with Crippen LogP contribution in [0.15, 0.2) is 15.8 Å². The van der Waals surface area contributed by atoms with Gasteiger partial charge in [-0.15, -0.1) is 0 Å². The van der Waals surface area contributed by atoms with Gasteiger partial charge in [0.15, 0.2) is 0 Å². The second-order valence-corrected chi connectivity index (χ2v) is 1.96. The van der Waals surface area contributed by atoms with E-state index >= 15 is 0 Å². The fourth-order valence-electron chi connectivity index (χ4n) is 0.539. The van der Waals surface area contributed by atoms with Crippen LogP contribution in [0.2, 0.25) is 0 Å². The summed E-state index contributed by atoms with van der Waals surface area (Å²) in [6, 6.07) is 0. The molecule has 0 amide bonds. The summed E-state index contributed by atoms with van der Waals surface area (Å²) in [6.45, 7) is 0. The number of hydrogen-bond acceptors (Lipinski definition) is 3. The van der Waals surface area contributed by atoms with Gasteiger partial charge in [0.1, 0.15) is 0 Å². The lowest BCUT2D eigenvalue weighted by atomic mass is 10.6. The van der Waals surface area contributed by atoms with Gasteiger partial charge in [-0.3, -0.25) is 14.3 Å². The first-order valence-electron chi connectivity index (χ1n) is 2.61. The zero-order chi connectivity index (χ0) is 8.43. The summed E-state index contributed by atoms with van der Waals surface area (Å²) in [5, 5.41) is 0. The minimum absolute atomic E-state index is 0.730. The molecule has 6 heteroatoms. The monoisotopic (exact) mass is 174 g/mol. The van der Waals surface area contributed by atoms with E-state index in [9.17, 15) is 14.0 Å². The zero-order valence-electron chi connectivity index (χ0n) is 5.20. The van der Waals surface area contributed by atoms with Gasteiger partial charge >= 0.3 is 5.69 Å². The van der Waals surface area contributed by atoms with E-state index in [0.717, 1.165) is 16.3 Å². The van der Waals surface area contributed by atoms with Crippen LogP contribution in [0.1, 0.15) is 0 Å². The van der Waals surface area contributed by atoms with E-state index in [0.29, 0.717) is 0 Å². The predicted molar refractivity (Wildman–Crippen MR) is 40.3 cm³/mol. The van der Waals surface area contributed by atoms with Crippen molar-refractivity contribution in [2.24, 2.45) is 0 Å². The van der Waals surface area contributed by atoms with Gasteiger partial charge in [0.2, 0.25) is 5.82 Å². The van der Waals surface area contributed by atoms with Crippen molar-refractivity contribution in [3.8, 4) is 0 Å². The molecule has 1 N–H and O–H groups in total. The second-order valence-electron chi connectivity index (χ2n) is 1.75. The largest absolute Gasteiger partial charge is 0.333 e. The summed E-state index contributed by atoms with van der Waals surface area (Å²) in [5.74, 6) is -1.04. The average Bonchev–Trinajstić information content (AvgIpc) is 1.97. The molecule has 1 aromatic heterocycles. The highest BCUT2D eigenvalue weighted by atomic mass is 32.1. The molecule has 1 heterocycles. The Morgan fingerprint density at radius 2 is 2.27 bits per heavy atom. The van der Waals surface area contributed by atoms with Crippen LogP contribution in [0, 0.1) is 5.82 Å². The molecule has 0 atom stereocenters. The molecular formula is C5H3FN2O2S. The number of H-pyrrole nitrogens is 1. The fourth-order valence-corrected chi connectivity index (χ4v) is 0.696. The first-order chi connectivity index (χ1) is 5.15. The molecule has 0 aromatic carbocycles. The standard InChI is InChI=1S/C5H3FN2O2S/c6-3-1-8(2-11)5(10)7-4(3)9/h1-2H,(H,7,9,10). The van der Waals surface area contributed by atoms with Crippen LogP contribution in [0.5, 0.6) is 0 Å². The van der Waals surface area contributed by atoms with Crippen LogP contribution in [0.25, 0.3) is 0 Å². The summed E-state index contributed by atoms with van der Waals surface area (Å²) in [6.07, 6.45) is 0.730. The number of nitrogens with one attached hydrogen (secondary N) is 1. The smallest absolute Gasteiger partial charge is 0.271 e. The van der Waals surface area contributed by atoms with Crippen molar-refractivity contribution in [1.29, 1.82) is 0 Å². The molecule has 0 aliphatic rings. The summed E-state index contributed by atoms with van der Waals surface area (Å²) in [4.78, 5) is 22.8. The highest BCUT2D eigenvalue weighted by molar-refractivity contribution is 7.78. The quantitative estimate of drug-likeness (QED) is 0.583. The number of aromatic nitrogens is 2. The molecule has 4 nitrogen and oxygen atoms in total. The Bertz CT molecular complexity index is 394. The molecule has 0 saturated heterocycles. The van der Waals surface area contributed by atoms with E-state index < -0.39 is 17.1 Å². The lowest BCUT2D eigenvalue weighted by Crippen LogP contribution is -2.30. The fraction of sp³-hybridized carbons (Fsp3) is 0. The number of thiocarbonyl (C=S) groups is 1. The molecule has 58 valence electrons. The molecule has 0 spiro atoms. The minimum Gasteiger partial charge on any atom is -0.271 e. The summed E-state index contributed by atoms with van der Waals surface area (Å²) in [5.41, 5.74) is -0.851. The van der Waals surface area contributed by atoms with E-state index in [2.05, 4.69) is 12.2 Å². The van der Waals surface area contributed by atoms with Crippen LogP contribution in [-0.4, -0.2) is 15.0 Å². The molecular weight excluding hydrogens is 171 g/mol. The van der Waals surface area contributed by atoms with Gasteiger partial charge in [-0.05, 0) is 0 Å². The van der Waals surface area contributed by atoms with Gasteiger partial charge < -0.3 is 0 Å². The maximum absolute atomic E-state index is 12.4. The Kier molecular flexibility index (Phi) is 1.95. The minimum atomic E-state index is -1.04. The van der Waals surface area contributed by atoms with Crippen LogP contribution in [-0.2, 0) is 0 Å². The lowest BCUT2D eigenvalue weighted by molar-refractivity contribution is 0.591. The number of halogens is 1. The normalized spacial score (nSPS) is 9.55. The van der Waals surface area contributed by atoms with Crippen molar-refractivity contribution >= 4 is 17.7 Å². The van der Waals surface area contributed by atoms with Crippen molar-refractivity contribution < 1.29 is 4.39 Å². The lowest BCUT2D eigenvalue weighted by Gasteiger charge is -1.92. The molecule has 0 saturated carbocycles. The van der Waals surface area contributed by atoms with E-state index in [1.54, 1.807) is 4.98 Å². The third-order valence-corrected chi connectivity index (χ3v) is 1.27.